The number of hydrogen-bond donors (Lipinski definition) is 0. The van der Waals surface area contributed by atoms with Crippen molar-refractivity contribution >= 4 is 22.6 Å². The van der Waals surface area contributed by atoms with E-state index in [0.717, 1.165) is 28.7 Å². The summed E-state index contributed by atoms with van der Waals surface area (Å²) in [7, 11) is 0. The fraction of sp³-hybridized carbons (Fsp3) is 0.276. The number of aromatic nitrogens is 2. The number of hydrogen-bond acceptors (Lipinski definition) is 5. The number of ketones is 1. The molecular formula is C29H27F2N3O3. The molecular weight excluding hydrogens is 476 g/mol. The zero-order valence-electron chi connectivity index (χ0n) is 20.7. The molecule has 3 heterocycles. The Labute approximate surface area is 213 Å². The van der Waals surface area contributed by atoms with Gasteiger partial charge in [0.1, 0.15) is 18.1 Å². The van der Waals surface area contributed by atoms with Crippen LogP contribution in [0.25, 0.3) is 10.9 Å². The summed E-state index contributed by atoms with van der Waals surface area (Å²) in [5, 5.41) is 0.746. The van der Waals surface area contributed by atoms with Gasteiger partial charge in [-0.15, -0.1) is 0 Å². The zero-order chi connectivity index (χ0) is 25.9. The van der Waals surface area contributed by atoms with Crippen LogP contribution >= 0.6 is 0 Å². The van der Waals surface area contributed by atoms with Gasteiger partial charge in [-0.1, -0.05) is 12.1 Å². The lowest BCUT2D eigenvalue weighted by Crippen LogP contribution is -2.16. The monoisotopic (exact) mass is 503 g/mol. The molecule has 37 heavy (non-hydrogen) atoms. The largest absolute Gasteiger partial charge is 0.491 e. The second-order valence-electron chi connectivity index (χ2n) is 9.18. The molecule has 1 aliphatic heterocycles. The Bertz CT molecular complexity index is 1480. The number of carbonyl (C=O) groups is 1. The van der Waals surface area contributed by atoms with Crippen molar-refractivity contribution in [2.75, 3.05) is 13.2 Å². The van der Waals surface area contributed by atoms with Crippen LogP contribution in [-0.4, -0.2) is 40.5 Å². The zero-order valence-corrected chi connectivity index (χ0v) is 20.7. The standard InChI is InChI=1S/C29H27F2N3O3/c1-18(2)37-21-8-9-22-25(16-21)34(17-20-5-3-4-12-32-20)28(29-33-13-14-36-29)27(22)26(35)11-7-19-6-10-23(30)24(31)15-19/h3-6,8-10,12,15-16,18H,7,11,13-14,17H2,1-2H3. The first-order valence-electron chi connectivity index (χ1n) is 12.3. The van der Waals surface area contributed by atoms with Crippen molar-refractivity contribution in [1.82, 2.24) is 9.55 Å². The van der Waals surface area contributed by atoms with Crippen LogP contribution in [0, 0.1) is 11.6 Å². The highest BCUT2D eigenvalue weighted by Crippen LogP contribution is 2.33. The topological polar surface area (TPSA) is 65.7 Å². The van der Waals surface area contributed by atoms with E-state index in [-0.39, 0.29) is 24.7 Å². The molecule has 0 N–H and O–H groups in total. The van der Waals surface area contributed by atoms with Crippen molar-refractivity contribution in [3.8, 4) is 5.75 Å². The number of nitrogens with zero attached hydrogens (tertiary/aromatic N) is 3. The first-order valence-corrected chi connectivity index (χ1v) is 12.3. The van der Waals surface area contributed by atoms with E-state index >= 15 is 0 Å². The first kappa shape index (κ1) is 24.6. The van der Waals surface area contributed by atoms with Gasteiger partial charge in [0.15, 0.2) is 17.4 Å². The van der Waals surface area contributed by atoms with Gasteiger partial charge in [0.2, 0.25) is 5.90 Å². The van der Waals surface area contributed by atoms with Gasteiger partial charge in [-0.25, -0.2) is 13.8 Å². The van der Waals surface area contributed by atoms with E-state index in [1.807, 2.05) is 54.8 Å². The second-order valence-corrected chi connectivity index (χ2v) is 9.18. The number of Topliss-reactive ketones (excluding diaryl/α,β-unsaturated/α-hetero) is 1. The first-order chi connectivity index (χ1) is 17.9. The lowest BCUT2D eigenvalue weighted by atomic mass is 9.99. The van der Waals surface area contributed by atoms with Gasteiger partial charge in [0.05, 0.1) is 36.0 Å². The molecule has 0 saturated carbocycles. The summed E-state index contributed by atoms with van der Waals surface area (Å²) in [4.78, 5) is 22.8. The van der Waals surface area contributed by atoms with Gasteiger partial charge in [0.25, 0.3) is 0 Å². The summed E-state index contributed by atoms with van der Waals surface area (Å²) in [6.45, 7) is 5.25. The maximum Gasteiger partial charge on any atom is 0.234 e. The van der Waals surface area contributed by atoms with Crippen LogP contribution in [0.1, 0.15) is 47.6 Å². The van der Waals surface area contributed by atoms with Crippen molar-refractivity contribution < 1.29 is 23.0 Å². The average Bonchev–Trinajstić information content (AvgIpc) is 3.51. The number of pyridine rings is 1. The van der Waals surface area contributed by atoms with E-state index in [2.05, 4.69) is 9.98 Å². The Morgan fingerprint density at radius 1 is 1.11 bits per heavy atom. The SMILES string of the molecule is CC(C)Oc1ccc2c(C(=O)CCc3ccc(F)c(F)c3)c(C3=NCCO3)n(Cc3ccccn3)c2c1. The molecule has 0 saturated heterocycles. The highest BCUT2D eigenvalue weighted by Gasteiger charge is 2.29. The number of carbonyl (C=O) groups excluding carboxylic acids is 1. The molecule has 0 atom stereocenters. The lowest BCUT2D eigenvalue weighted by molar-refractivity contribution is 0.0983. The molecule has 0 unspecified atom stereocenters. The quantitative estimate of drug-likeness (QED) is 0.273. The predicted molar refractivity (Wildman–Crippen MR) is 137 cm³/mol. The van der Waals surface area contributed by atoms with Gasteiger partial charge in [-0.3, -0.25) is 9.78 Å². The Morgan fingerprint density at radius 3 is 2.68 bits per heavy atom. The highest BCUT2D eigenvalue weighted by atomic mass is 19.2. The van der Waals surface area contributed by atoms with Crippen molar-refractivity contribution in [3.05, 3.63) is 94.9 Å². The van der Waals surface area contributed by atoms with Gasteiger partial charge in [0, 0.05) is 24.1 Å². The number of rotatable bonds is 9. The Morgan fingerprint density at radius 2 is 1.97 bits per heavy atom. The summed E-state index contributed by atoms with van der Waals surface area (Å²) in [6, 6.07) is 15.0. The van der Waals surface area contributed by atoms with Crippen molar-refractivity contribution in [3.63, 3.8) is 0 Å². The van der Waals surface area contributed by atoms with Crippen LogP contribution < -0.4 is 4.74 Å². The molecule has 6 nitrogen and oxygen atoms in total. The lowest BCUT2D eigenvalue weighted by Gasteiger charge is -2.13. The Kier molecular flexibility index (Phi) is 6.99. The van der Waals surface area contributed by atoms with Crippen LogP contribution in [0.5, 0.6) is 5.75 Å². The minimum Gasteiger partial charge on any atom is -0.491 e. The maximum absolute atomic E-state index is 13.8. The Hall–Kier alpha value is -4.07. The number of aliphatic imine (C=N–C) groups is 1. The fourth-order valence-corrected chi connectivity index (χ4v) is 4.55. The number of benzene rings is 2. The molecule has 190 valence electrons. The molecule has 0 fully saturated rings. The Balaban J connectivity index is 1.62. The molecule has 0 bridgehead atoms. The molecule has 2 aromatic heterocycles. The van der Waals surface area contributed by atoms with E-state index < -0.39 is 11.6 Å². The molecule has 8 heteroatoms. The molecule has 0 radical (unpaired) electrons. The normalized spacial score (nSPS) is 13.2. The number of aryl methyl sites for hydroxylation is 1. The summed E-state index contributed by atoms with van der Waals surface area (Å²) in [5.41, 5.74) is 3.25. The average molecular weight is 504 g/mol. The van der Waals surface area contributed by atoms with E-state index in [0.29, 0.717) is 48.2 Å². The minimum atomic E-state index is -0.927. The number of ether oxygens (including phenoxy) is 2. The van der Waals surface area contributed by atoms with Crippen LogP contribution in [-0.2, 0) is 17.7 Å². The summed E-state index contributed by atoms with van der Waals surface area (Å²) >= 11 is 0. The van der Waals surface area contributed by atoms with Crippen LogP contribution in [0.3, 0.4) is 0 Å². The third kappa shape index (κ3) is 5.23. The summed E-state index contributed by atoms with van der Waals surface area (Å²) in [5.74, 6) is -0.881. The van der Waals surface area contributed by atoms with E-state index in [1.165, 1.54) is 6.07 Å². The molecule has 5 rings (SSSR count). The smallest absolute Gasteiger partial charge is 0.234 e. The number of fused-ring (bicyclic) bond motifs is 1. The van der Waals surface area contributed by atoms with Gasteiger partial charge < -0.3 is 14.0 Å². The van der Waals surface area contributed by atoms with E-state index in [9.17, 15) is 13.6 Å². The molecule has 0 amide bonds. The molecule has 1 aliphatic rings. The number of halogens is 2. The third-order valence-corrected chi connectivity index (χ3v) is 6.15. The van der Waals surface area contributed by atoms with Gasteiger partial charge in [-0.05, 0) is 62.2 Å². The molecule has 0 spiro atoms. The fourth-order valence-electron chi connectivity index (χ4n) is 4.55. The predicted octanol–water partition coefficient (Wildman–Crippen LogP) is 5.74. The summed E-state index contributed by atoms with van der Waals surface area (Å²) in [6.07, 6.45) is 2.09. The van der Waals surface area contributed by atoms with Crippen LogP contribution in [0.2, 0.25) is 0 Å². The van der Waals surface area contributed by atoms with Crippen molar-refractivity contribution in [1.29, 1.82) is 0 Å². The van der Waals surface area contributed by atoms with E-state index in [1.54, 1.807) is 6.20 Å². The van der Waals surface area contributed by atoms with Gasteiger partial charge in [-0.2, -0.15) is 0 Å². The molecule has 4 aromatic rings. The van der Waals surface area contributed by atoms with Crippen LogP contribution in [0.4, 0.5) is 8.78 Å². The second kappa shape index (κ2) is 10.5. The van der Waals surface area contributed by atoms with E-state index in [4.69, 9.17) is 9.47 Å². The van der Waals surface area contributed by atoms with Crippen LogP contribution in [0.15, 0.2) is 65.8 Å². The van der Waals surface area contributed by atoms with Crippen molar-refractivity contribution in [2.24, 2.45) is 4.99 Å². The molecule has 0 aliphatic carbocycles. The molecule has 2 aromatic carbocycles. The third-order valence-electron chi connectivity index (χ3n) is 6.15. The van der Waals surface area contributed by atoms with Gasteiger partial charge >= 0.3 is 0 Å². The minimum absolute atomic E-state index is 0.0177. The van der Waals surface area contributed by atoms with Crippen molar-refractivity contribution in [2.45, 2.75) is 39.3 Å². The maximum atomic E-state index is 13.8. The summed E-state index contributed by atoms with van der Waals surface area (Å²) < 4.78 is 40.9. The highest BCUT2D eigenvalue weighted by molar-refractivity contribution is 6.17.